The van der Waals surface area contributed by atoms with Crippen molar-refractivity contribution in [3.63, 3.8) is 0 Å². The van der Waals surface area contributed by atoms with Crippen LogP contribution in [0.5, 0.6) is 0 Å². The van der Waals surface area contributed by atoms with E-state index in [0.717, 1.165) is 12.8 Å². The number of allylic oxidation sites excluding steroid dienone is 2. The number of carboxylic acids is 1. The smallest absolute Gasteiger partial charge is 0.303 e. The Morgan fingerprint density at radius 1 is 1.28 bits per heavy atom. The van der Waals surface area contributed by atoms with Crippen LogP contribution < -0.4 is 0 Å². The van der Waals surface area contributed by atoms with Crippen molar-refractivity contribution >= 4 is 11.8 Å². The molecule has 1 saturated carbocycles. The maximum atomic E-state index is 12.0. The number of carboxylic acid groups (broad SMARTS) is 1. The van der Waals surface area contributed by atoms with E-state index in [4.69, 9.17) is 5.11 Å². The lowest BCUT2D eigenvalue weighted by Gasteiger charge is -2.18. The van der Waals surface area contributed by atoms with Crippen LogP contribution in [0.15, 0.2) is 24.3 Å². The first-order chi connectivity index (χ1) is 12.0. The van der Waals surface area contributed by atoms with E-state index in [1.807, 2.05) is 6.08 Å². The molecule has 4 atom stereocenters. The van der Waals surface area contributed by atoms with Gasteiger partial charge in [-0.25, -0.2) is 0 Å². The highest BCUT2D eigenvalue weighted by Gasteiger charge is 2.39. The van der Waals surface area contributed by atoms with E-state index in [9.17, 15) is 19.8 Å². The lowest BCUT2D eigenvalue weighted by atomic mass is 9.88. The van der Waals surface area contributed by atoms with Crippen LogP contribution in [0.25, 0.3) is 0 Å². The van der Waals surface area contributed by atoms with E-state index in [1.165, 1.54) is 12.8 Å². The minimum atomic E-state index is -0.868. The Kier molecular flexibility index (Phi) is 10.3. The topological polar surface area (TPSA) is 94.8 Å². The fraction of sp³-hybridized carbons (Fsp3) is 0.700. The summed E-state index contributed by atoms with van der Waals surface area (Å²) in [5, 5.41) is 28.8. The summed E-state index contributed by atoms with van der Waals surface area (Å²) in [4.78, 5) is 22.7. The van der Waals surface area contributed by atoms with Gasteiger partial charge in [-0.15, -0.1) is 0 Å². The molecule has 0 saturated heterocycles. The number of Topliss-reactive ketones (excluding diaryl/α,β-unsaturated/α-hetero) is 1. The molecule has 0 aromatic rings. The summed E-state index contributed by atoms with van der Waals surface area (Å²) in [6, 6.07) is 0. The summed E-state index contributed by atoms with van der Waals surface area (Å²) in [6.45, 7) is 2.16. The molecule has 0 aromatic heterocycles. The van der Waals surface area contributed by atoms with Gasteiger partial charge < -0.3 is 15.3 Å². The van der Waals surface area contributed by atoms with Crippen molar-refractivity contribution < 1.29 is 24.9 Å². The first-order valence-electron chi connectivity index (χ1n) is 9.39. The molecular formula is C20H32O5. The fourth-order valence-electron chi connectivity index (χ4n) is 3.27. The molecule has 1 fully saturated rings. The average molecular weight is 352 g/mol. The molecule has 5 heteroatoms. The molecule has 1 rings (SSSR count). The molecule has 3 N–H and O–H groups in total. The fourth-order valence-corrected chi connectivity index (χ4v) is 3.27. The van der Waals surface area contributed by atoms with Gasteiger partial charge in [0, 0.05) is 18.8 Å². The monoisotopic (exact) mass is 352 g/mol. The number of hydrogen-bond acceptors (Lipinski definition) is 4. The first kappa shape index (κ1) is 21.6. The Labute approximate surface area is 150 Å². The van der Waals surface area contributed by atoms with Crippen molar-refractivity contribution in [1.29, 1.82) is 0 Å². The first-order valence-corrected chi connectivity index (χ1v) is 9.39. The van der Waals surface area contributed by atoms with Crippen molar-refractivity contribution in [3.8, 4) is 0 Å². The molecule has 0 amide bonds. The number of carbonyl (C=O) groups excluding carboxylic acids is 1. The van der Waals surface area contributed by atoms with Gasteiger partial charge in [0.2, 0.25) is 0 Å². The van der Waals surface area contributed by atoms with Gasteiger partial charge in [-0.2, -0.15) is 0 Å². The number of hydrogen-bond donors (Lipinski definition) is 3. The molecule has 0 aliphatic heterocycles. The summed E-state index contributed by atoms with van der Waals surface area (Å²) in [5.41, 5.74) is 0. The normalized spacial score (nSPS) is 25.2. The Morgan fingerprint density at radius 3 is 2.72 bits per heavy atom. The lowest BCUT2D eigenvalue weighted by Crippen LogP contribution is -2.20. The van der Waals surface area contributed by atoms with E-state index < -0.39 is 24.1 Å². The maximum absolute atomic E-state index is 12.0. The molecule has 1 aliphatic carbocycles. The van der Waals surface area contributed by atoms with Gasteiger partial charge >= 0.3 is 5.97 Å². The van der Waals surface area contributed by atoms with E-state index in [2.05, 4.69) is 13.0 Å². The maximum Gasteiger partial charge on any atom is 0.303 e. The van der Waals surface area contributed by atoms with Gasteiger partial charge in [0.15, 0.2) is 0 Å². The quantitative estimate of drug-likeness (QED) is 0.370. The molecule has 5 nitrogen and oxygen atoms in total. The minimum absolute atomic E-state index is 0.0358. The van der Waals surface area contributed by atoms with Crippen LogP contribution in [0.2, 0.25) is 0 Å². The highest BCUT2D eigenvalue weighted by Crippen LogP contribution is 2.34. The van der Waals surface area contributed by atoms with Crippen LogP contribution in [0, 0.1) is 11.8 Å². The van der Waals surface area contributed by atoms with Crippen LogP contribution in [0.4, 0.5) is 0 Å². The number of aliphatic hydroxyl groups is 2. The highest BCUT2D eigenvalue weighted by molar-refractivity contribution is 5.86. The number of carbonyl (C=O) groups is 2. The van der Waals surface area contributed by atoms with Crippen molar-refractivity contribution in [2.75, 3.05) is 0 Å². The number of ketones is 1. The van der Waals surface area contributed by atoms with E-state index in [-0.39, 0.29) is 24.5 Å². The summed E-state index contributed by atoms with van der Waals surface area (Å²) in [5.74, 6) is -1.58. The van der Waals surface area contributed by atoms with Gasteiger partial charge in [0.25, 0.3) is 0 Å². The molecule has 0 bridgehead atoms. The van der Waals surface area contributed by atoms with Crippen molar-refractivity contribution in [2.45, 2.75) is 76.9 Å². The second-order valence-electron chi connectivity index (χ2n) is 6.87. The molecule has 0 unspecified atom stereocenters. The van der Waals surface area contributed by atoms with Crippen LogP contribution in [0.1, 0.15) is 64.7 Å². The Morgan fingerprint density at radius 2 is 2.04 bits per heavy atom. The molecule has 1 aliphatic rings. The van der Waals surface area contributed by atoms with Crippen LogP contribution in [-0.4, -0.2) is 39.3 Å². The average Bonchev–Trinajstić information content (AvgIpc) is 2.82. The van der Waals surface area contributed by atoms with Gasteiger partial charge in [-0.1, -0.05) is 44.1 Å². The van der Waals surface area contributed by atoms with Crippen molar-refractivity contribution in [2.24, 2.45) is 11.8 Å². The summed E-state index contributed by atoms with van der Waals surface area (Å²) in [6.07, 6.45) is 12.2. The SMILES string of the molecule is CCCCC/C=C\C[C@H](O)/C=C/[C@@H]1C(=O)C[C@@H](O)[C@H]1CCCC(=O)O. The van der Waals surface area contributed by atoms with Gasteiger partial charge in [-0.3, -0.25) is 9.59 Å². The highest BCUT2D eigenvalue weighted by atomic mass is 16.4. The summed E-state index contributed by atoms with van der Waals surface area (Å²) < 4.78 is 0. The Bertz CT molecular complexity index is 469. The molecule has 142 valence electrons. The second-order valence-corrected chi connectivity index (χ2v) is 6.87. The van der Waals surface area contributed by atoms with Crippen molar-refractivity contribution in [1.82, 2.24) is 0 Å². The zero-order valence-corrected chi connectivity index (χ0v) is 15.1. The minimum Gasteiger partial charge on any atom is -0.481 e. The number of aliphatic carboxylic acids is 1. The molecule has 0 heterocycles. The van der Waals surface area contributed by atoms with Gasteiger partial charge in [0.1, 0.15) is 5.78 Å². The Balaban J connectivity index is 2.45. The molecule has 0 spiro atoms. The zero-order valence-electron chi connectivity index (χ0n) is 15.1. The standard InChI is InChI=1S/C20H32O5/c1-2-3-4-5-6-7-9-15(21)12-13-17-16(10-8-11-20(24)25)18(22)14-19(17)23/h6-7,12-13,15-18,21-22H,2-5,8-11,14H2,1H3,(H,24,25)/b7-6-,13-12+/t15-,16-,17-,18+/m0/s1. The lowest BCUT2D eigenvalue weighted by molar-refractivity contribution is -0.137. The number of unbranched alkanes of at least 4 members (excludes halogenated alkanes) is 3. The number of aliphatic hydroxyl groups excluding tert-OH is 2. The molecule has 0 radical (unpaired) electrons. The second kappa shape index (κ2) is 12.0. The zero-order chi connectivity index (χ0) is 18.7. The number of rotatable bonds is 12. The van der Waals surface area contributed by atoms with Gasteiger partial charge in [0.05, 0.1) is 12.2 Å². The predicted octanol–water partition coefficient (Wildman–Crippen LogP) is 3.25. The molecule has 25 heavy (non-hydrogen) atoms. The third kappa shape index (κ3) is 8.45. The van der Waals surface area contributed by atoms with Crippen LogP contribution in [0.3, 0.4) is 0 Å². The molecular weight excluding hydrogens is 320 g/mol. The largest absolute Gasteiger partial charge is 0.481 e. The Hall–Kier alpha value is -1.46. The van der Waals surface area contributed by atoms with Gasteiger partial charge in [-0.05, 0) is 38.0 Å². The summed E-state index contributed by atoms with van der Waals surface area (Å²) in [7, 11) is 0. The van der Waals surface area contributed by atoms with Crippen LogP contribution >= 0.6 is 0 Å². The van der Waals surface area contributed by atoms with E-state index >= 15 is 0 Å². The van der Waals surface area contributed by atoms with Crippen LogP contribution in [-0.2, 0) is 9.59 Å². The predicted molar refractivity (Wildman–Crippen MR) is 97.1 cm³/mol. The molecule has 0 aromatic carbocycles. The van der Waals surface area contributed by atoms with E-state index in [0.29, 0.717) is 19.3 Å². The third-order valence-corrected chi connectivity index (χ3v) is 4.72. The summed E-state index contributed by atoms with van der Waals surface area (Å²) >= 11 is 0. The van der Waals surface area contributed by atoms with Crippen molar-refractivity contribution in [3.05, 3.63) is 24.3 Å². The third-order valence-electron chi connectivity index (χ3n) is 4.72. The van der Waals surface area contributed by atoms with E-state index in [1.54, 1.807) is 12.2 Å².